The van der Waals surface area contributed by atoms with Crippen LogP contribution in [-0.4, -0.2) is 27.2 Å². The van der Waals surface area contributed by atoms with Crippen molar-refractivity contribution in [3.8, 4) is 17.2 Å². The van der Waals surface area contributed by atoms with Crippen molar-refractivity contribution in [3.05, 3.63) is 47.5 Å². The van der Waals surface area contributed by atoms with E-state index in [2.05, 4.69) is 5.32 Å². The van der Waals surface area contributed by atoms with Crippen LogP contribution in [0.3, 0.4) is 0 Å². The zero-order chi connectivity index (χ0) is 18.4. The van der Waals surface area contributed by atoms with Gasteiger partial charge in [0.2, 0.25) is 11.7 Å². The van der Waals surface area contributed by atoms with E-state index in [9.17, 15) is 13.6 Å². The van der Waals surface area contributed by atoms with Crippen LogP contribution in [0, 0.1) is 11.6 Å². The van der Waals surface area contributed by atoms with Crippen LogP contribution < -0.4 is 19.5 Å². The SMILES string of the molecule is COc1cc(CCC(=O)Nc2ccc(F)cc2F)cc(OC)c1OC. The maximum atomic E-state index is 13.6. The van der Waals surface area contributed by atoms with Crippen molar-refractivity contribution < 1.29 is 27.8 Å². The highest BCUT2D eigenvalue weighted by Gasteiger charge is 2.14. The van der Waals surface area contributed by atoms with E-state index in [1.807, 2.05) is 0 Å². The summed E-state index contributed by atoms with van der Waals surface area (Å²) < 4.78 is 42.2. The van der Waals surface area contributed by atoms with Crippen LogP contribution in [0.5, 0.6) is 17.2 Å². The molecule has 0 saturated heterocycles. The summed E-state index contributed by atoms with van der Waals surface area (Å²) in [5.74, 6) is -0.469. The molecule has 2 rings (SSSR count). The standard InChI is InChI=1S/C18H19F2NO4/c1-23-15-8-11(9-16(24-2)18(15)25-3)4-7-17(22)21-14-6-5-12(19)10-13(14)20/h5-6,8-10H,4,7H2,1-3H3,(H,21,22). The zero-order valence-corrected chi connectivity index (χ0v) is 14.2. The number of aryl methyl sites for hydroxylation is 1. The first kappa shape index (κ1) is 18.5. The summed E-state index contributed by atoms with van der Waals surface area (Å²) in [5, 5.41) is 2.42. The number of hydrogen-bond acceptors (Lipinski definition) is 4. The van der Waals surface area contributed by atoms with E-state index in [1.54, 1.807) is 12.1 Å². The molecule has 0 saturated carbocycles. The van der Waals surface area contributed by atoms with Gasteiger partial charge in [0.1, 0.15) is 11.6 Å². The molecule has 0 unspecified atom stereocenters. The number of hydrogen-bond donors (Lipinski definition) is 1. The lowest BCUT2D eigenvalue weighted by Gasteiger charge is -2.14. The van der Waals surface area contributed by atoms with Gasteiger partial charge >= 0.3 is 0 Å². The van der Waals surface area contributed by atoms with Gasteiger partial charge in [-0.15, -0.1) is 0 Å². The molecule has 0 radical (unpaired) electrons. The van der Waals surface area contributed by atoms with E-state index >= 15 is 0 Å². The van der Waals surface area contributed by atoms with Crippen molar-refractivity contribution in [2.75, 3.05) is 26.6 Å². The third kappa shape index (κ3) is 4.59. The molecule has 0 aliphatic rings. The number of anilines is 1. The highest BCUT2D eigenvalue weighted by Crippen LogP contribution is 2.38. The molecule has 0 aliphatic carbocycles. The zero-order valence-electron chi connectivity index (χ0n) is 14.2. The molecule has 0 aromatic heterocycles. The van der Waals surface area contributed by atoms with E-state index in [4.69, 9.17) is 14.2 Å². The minimum Gasteiger partial charge on any atom is -0.493 e. The number of carbonyl (C=O) groups is 1. The summed E-state index contributed by atoms with van der Waals surface area (Å²) in [6.45, 7) is 0. The van der Waals surface area contributed by atoms with Gasteiger partial charge in [-0.05, 0) is 36.2 Å². The molecule has 134 valence electrons. The molecule has 0 atom stereocenters. The number of ether oxygens (including phenoxy) is 3. The summed E-state index contributed by atoms with van der Waals surface area (Å²) in [5.41, 5.74) is 0.737. The minimum absolute atomic E-state index is 0.0590. The predicted molar refractivity (Wildman–Crippen MR) is 89.4 cm³/mol. The quantitative estimate of drug-likeness (QED) is 0.829. The van der Waals surface area contributed by atoms with Crippen LogP contribution in [0.4, 0.5) is 14.5 Å². The molecule has 0 bridgehead atoms. The molecule has 0 heterocycles. The largest absolute Gasteiger partial charge is 0.493 e. The van der Waals surface area contributed by atoms with Crippen molar-refractivity contribution >= 4 is 11.6 Å². The van der Waals surface area contributed by atoms with Gasteiger partial charge in [-0.2, -0.15) is 0 Å². The first-order valence-corrected chi connectivity index (χ1v) is 7.52. The van der Waals surface area contributed by atoms with Crippen LogP contribution in [-0.2, 0) is 11.2 Å². The van der Waals surface area contributed by atoms with E-state index in [0.29, 0.717) is 23.7 Å². The fourth-order valence-electron chi connectivity index (χ4n) is 2.34. The summed E-state index contributed by atoms with van der Waals surface area (Å²) in [4.78, 5) is 12.0. The second-order valence-corrected chi connectivity index (χ2v) is 5.21. The fourth-order valence-corrected chi connectivity index (χ4v) is 2.34. The Morgan fingerprint density at radius 2 is 1.64 bits per heavy atom. The van der Waals surface area contributed by atoms with Crippen molar-refractivity contribution in [1.29, 1.82) is 0 Å². The molecule has 25 heavy (non-hydrogen) atoms. The van der Waals surface area contributed by atoms with Gasteiger partial charge in [0.05, 0.1) is 27.0 Å². The Morgan fingerprint density at radius 3 is 2.16 bits per heavy atom. The fraction of sp³-hybridized carbons (Fsp3) is 0.278. The molecular formula is C18H19F2NO4. The van der Waals surface area contributed by atoms with Crippen molar-refractivity contribution in [2.45, 2.75) is 12.8 Å². The van der Waals surface area contributed by atoms with Crippen LogP contribution in [0.15, 0.2) is 30.3 Å². The first-order valence-electron chi connectivity index (χ1n) is 7.52. The third-order valence-corrected chi connectivity index (χ3v) is 3.57. The monoisotopic (exact) mass is 351 g/mol. The summed E-state index contributed by atoms with van der Waals surface area (Å²) >= 11 is 0. The number of carbonyl (C=O) groups excluding carboxylic acids is 1. The lowest BCUT2D eigenvalue weighted by Crippen LogP contribution is -2.13. The summed E-state index contributed by atoms with van der Waals surface area (Å²) in [6.07, 6.45) is 0.487. The van der Waals surface area contributed by atoms with Gasteiger partial charge in [0.25, 0.3) is 0 Å². The second kappa shape index (κ2) is 8.32. The van der Waals surface area contributed by atoms with Gasteiger partial charge in [0.15, 0.2) is 11.5 Å². The predicted octanol–water partition coefficient (Wildman–Crippen LogP) is 3.56. The molecule has 5 nitrogen and oxygen atoms in total. The van der Waals surface area contributed by atoms with Gasteiger partial charge in [-0.1, -0.05) is 0 Å². The molecule has 2 aromatic rings. The van der Waals surface area contributed by atoms with Crippen molar-refractivity contribution in [3.63, 3.8) is 0 Å². The number of benzene rings is 2. The molecular weight excluding hydrogens is 332 g/mol. The molecule has 0 aliphatic heterocycles. The average molecular weight is 351 g/mol. The molecule has 7 heteroatoms. The van der Waals surface area contributed by atoms with Crippen LogP contribution in [0.25, 0.3) is 0 Å². The Kier molecular flexibility index (Phi) is 6.16. The van der Waals surface area contributed by atoms with Gasteiger partial charge in [0, 0.05) is 12.5 Å². The average Bonchev–Trinajstić information content (AvgIpc) is 2.61. The highest BCUT2D eigenvalue weighted by atomic mass is 19.1. The number of amides is 1. The summed E-state index contributed by atoms with van der Waals surface area (Å²) in [7, 11) is 4.51. The van der Waals surface area contributed by atoms with E-state index in [-0.39, 0.29) is 18.0 Å². The van der Waals surface area contributed by atoms with Gasteiger partial charge in [-0.25, -0.2) is 8.78 Å². The molecule has 0 spiro atoms. The Hall–Kier alpha value is -2.83. The Bertz CT molecular complexity index is 740. The summed E-state index contributed by atoms with van der Waals surface area (Å²) in [6, 6.07) is 6.47. The topological polar surface area (TPSA) is 56.8 Å². The van der Waals surface area contributed by atoms with Crippen molar-refractivity contribution in [1.82, 2.24) is 0 Å². The Labute approximate surface area is 144 Å². The normalized spacial score (nSPS) is 10.3. The van der Waals surface area contributed by atoms with Crippen molar-refractivity contribution in [2.24, 2.45) is 0 Å². The maximum Gasteiger partial charge on any atom is 0.224 e. The Balaban J connectivity index is 2.06. The van der Waals surface area contributed by atoms with Gasteiger partial charge in [-0.3, -0.25) is 4.79 Å². The van der Waals surface area contributed by atoms with E-state index in [0.717, 1.165) is 17.7 Å². The van der Waals surface area contributed by atoms with E-state index < -0.39 is 11.6 Å². The maximum absolute atomic E-state index is 13.6. The number of methoxy groups -OCH3 is 3. The lowest BCUT2D eigenvalue weighted by molar-refractivity contribution is -0.116. The van der Waals surface area contributed by atoms with Crippen LogP contribution >= 0.6 is 0 Å². The minimum atomic E-state index is -0.818. The molecule has 1 amide bonds. The van der Waals surface area contributed by atoms with Gasteiger partial charge < -0.3 is 19.5 Å². The molecule has 2 aromatic carbocycles. The second-order valence-electron chi connectivity index (χ2n) is 5.21. The molecule has 1 N–H and O–H groups in total. The smallest absolute Gasteiger partial charge is 0.224 e. The van der Waals surface area contributed by atoms with Crippen LogP contribution in [0.1, 0.15) is 12.0 Å². The lowest BCUT2D eigenvalue weighted by atomic mass is 10.1. The third-order valence-electron chi connectivity index (χ3n) is 3.57. The number of halogens is 2. The highest BCUT2D eigenvalue weighted by molar-refractivity contribution is 5.90. The van der Waals surface area contributed by atoms with E-state index in [1.165, 1.54) is 27.4 Å². The van der Waals surface area contributed by atoms with Crippen LogP contribution in [0.2, 0.25) is 0 Å². The first-order chi connectivity index (χ1) is 12.0. The molecule has 0 fully saturated rings. The Morgan fingerprint density at radius 1 is 1.00 bits per heavy atom. The number of rotatable bonds is 7. The number of nitrogens with one attached hydrogen (secondary N) is 1.